The second-order valence-corrected chi connectivity index (χ2v) is 8.55. The van der Waals surface area contributed by atoms with Crippen LogP contribution >= 0.6 is 11.6 Å². The molecule has 0 amide bonds. The lowest BCUT2D eigenvalue weighted by atomic mass is 10.1. The molecular weight excluding hydrogens is 424 g/mol. The van der Waals surface area contributed by atoms with Crippen molar-refractivity contribution in [2.24, 2.45) is 0 Å². The Hall–Kier alpha value is -1.68. The standard InChI is InChI=1S/C27H43ClO4/c1-4-7-10-13-20-30-24-18-16-23(17-19-25(28)29)26(31-21-14-11-8-5-2)27(24)32-22-15-12-9-6-3/h16-19H,4-15,20-22H2,1-3H3/b19-17+. The number of benzene rings is 1. The lowest BCUT2D eigenvalue weighted by Crippen LogP contribution is -2.07. The van der Waals surface area contributed by atoms with Gasteiger partial charge in [-0.2, -0.15) is 0 Å². The summed E-state index contributed by atoms with van der Waals surface area (Å²) in [7, 11) is 0. The summed E-state index contributed by atoms with van der Waals surface area (Å²) in [5, 5.41) is -0.516. The first-order valence-corrected chi connectivity index (χ1v) is 12.9. The molecule has 0 bridgehead atoms. The van der Waals surface area contributed by atoms with Gasteiger partial charge in [0.15, 0.2) is 11.5 Å². The van der Waals surface area contributed by atoms with Crippen molar-refractivity contribution < 1.29 is 19.0 Å². The van der Waals surface area contributed by atoms with Crippen LogP contribution in [-0.2, 0) is 4.79 Å². The first kappa shape index (κ1) is 28.4. The molecule has 0 heterocycles. The zero-order valence-electron chi connectivity index (χ0n) is 20.4. The SMILES string of the molecule is CCCCCCOc1ccc(/C=C/C(=O)Cl)c(OCCCCCC)c1OCCCCCC. The van der Waals surface area contributed by atoms with Crippen molar-refractivity contribution in [2.45, 2.75) is 97.8 Å². The maximum Gasteiger partial charge on any atom is 0.245 e. The Balaban J connectivity index is 3.04. The summed E-state index contributed by atoms with van der Waals surface area (Å²) in [5.41, 5.74) is 0.774. The molecule has 0 saturated carbocycles. The molecule has 1 aromatic carbocycles. The van der Waals surface area contributed by atoms with E-state index in [4.69, 9.17) is 25.8 Å². The number of allylic oxidation sites excluding steroid dienone is 1. The predicted molar refractivity (Wildman–Crippen MR) is 135 cm³/mol. The van der Waals surface area contributed by atoms with E-state index in [-0.39, 0.29) is 0 Å². The van der Waals surface area contributed by atoms with Crippen LogP contribution < -0.4 is 14.2 Å². The highest BCUT2D eigenvalue weighted by Gasteiger charge is 2.17. The van der Waals surface area contributed by atoms with E-state index in [0.717, 1.165) is 44.1 Å². The van der Waals surface area contributed by atoms with Crippen molar-refractivity contribution in [3.8, 4) is 17.2 Å². The van der Waals surface area contributed by atoms with Crippen LogP contribution in [-0.4, -0.2) is 25.1 Å². The van der Waals surface area contributed by atoms with Crippen LogP contribution in [0, 0.1) is 0 Å². The molecule has 5 heteroatoms. The number of halogens is 1. The van der Waals surface area contributed by atoms with Gasteiger partial charge in [0.25, 0.3) is 0 Å². The smallest absolute Gasteiger partial charge is 0.245 e. The topological polar surface area (TPSA) is 44.8 Å². The minimum Gasteiger partial charge on any atom is -0.490 e. The van der Waals surface area contributed by atoms with Gasteiger partial charge in [-0.15, -0.1) is 0 Å². The fourth-order valence-electron chi connectivity index (χ4n) is 3.36. The molecular formula is C27H43ClO4. The van der Waals surface area contributed by atoms with Gasteiger partial charge in [-0.05, 0) is 55.1 Å². The molecule has 0 saturated heterocycles. The molecule has 4 nitrogen and oxygen atoms in total. The van der Waals surface area contributed by atoms with Crippen LogP contribution in [0.4, 0.5) is 0 Å². The molecule has 0 fully saturated rings. The summed E-state index contributed by atoms with van der Waals surface area (Å²) < 4.78 is 18.5. The second-order valence-electron chi connectivity index (χ2n) is 8.18. The van der Waals surface area contributed by atoms with Crippen LogP contribution in [0.1, 0.15) is 103 Å². The predicted octanol–water partition coefficient (Wildman–Crippen LogP) is 8.34. The Labute approximate surface area is 200 Å². The van der Waals surface area contributed by atoms with Crippen LogP contribution in [0.25, 0.3) is 6.08 Å². The van der Waals surface area contributed by atoms with Crippen molar-refractivity contribution in [1.29, 1.82) is 0 Å². The number of carbonyl (C=O) groups excluding carboxylic acids is 1. The van der Waals surface area contributed by atoms with Gasteiger partial charge in [0.2, 0.25) is 11.0 Å². The number of unbranched alkanes of at least 4 members (excludes halogenated alkanes) is 9. The Kier molecular flexibility index (Phi) is 16.7. The lowest BCUT2D eigenvalue weighted by Gasteiger charge is -2.19. The van der Waals surface area contributed by atoms with Crippen LogP contribution in [0.15, 0.2) is 18.2 Å². The van der Waals surface area contributed by atoms with Crippen molar-refractivity contribution in [3.05, 3.63) is 23.8 Å². The molecule has 0 radical (unpaired) electrons. The fourth-order valence-corrected chi connectivity index (χ4v) is 3.43. The molecule has 0 aliphatic rings. The maximum absolute atomic E-state index is 11.3. The average Bonchev–Trinajstić information content (AvgIpc) is 2.78. The second kappa shape index (κ2) is 18.8. The van der Waals surface area contributed by atoms with Gasteiger partial charge in [0, 0.05) is 5.56 Å². The van der Waals surface area contributed by atoms with Gasteiger partial charge in [-0.3, -0.25) is 4.79 Å². The minimum atomic E-state index is -0.516. The van der Waals surface area contributed by atoms with E-state index in [1.54, 1.807) is 6.08 Å². The molecule has 0 unspecified atom stereocenters. The molecule has 0 aliphatic heterocycles. The molecule has 1 rings (SSSR count). The highest BCUT2D eigenvalue weighted by Crippen LogP contribution is 2.41. The molecule has 0 aliphatic carbocycles. The van der Waals surface area contributed by atoms with E-state index < -0.39 is 5.24 Å². The first-order valence-electron chi connectivity index (χ1n) is 12.6. The Morgan fingerprint density at radius 3 is 1.72 bits per heavy atom. The summed E-state index contributed by atoms with van der Waals surface area (Å²) in [6, 6.07) is 3.81. The van der Waals surface area contributed by atoms with E-state index in [2.05, 4.69) is 20.8 Å². The van der Waals surface area contributed by atoms with E-state index in [1.807, 2.05) is 12.1 Å². The zero-order chi connectivity index (χ0) is 23.4. The monoisotopic (exact) mass is 466 g/mol. The van der Waals surface area contributed by atoms with Crippen molar-refractivity contribution >= 4 is 22.9 Å². The van der Waals surface area contributed by atoms with Crippen molar-refractivity contribution in [2.75, 3.05) is 19.8 Å². The summed E-state index contributed by atoms with van der Waals surface area (Å²) in [4.78, 5) is 11.3. The number of carbonyl (C=O) groups is 1. The minimum absolute atomic E-state index is 0.516. The maximum atomic E-state index is 11.3. The van der Waals surface area contributed by atoms with Crippen LogP contribution in [0.2, 0.25) is 0 Å². The molecule has 32 heavy (non-hydrogen) atoms. The third kappa shape index (κ3) is 12.4. The Morgan fingerprint density at radius 1 is 0.719 bits per heavy atom. The van der Waals surface area contributed by atoms with Gasteiger partial charge in [0.05, 0.1) is 19.8 Å². The molecule has 0 N–H and O–H groups in total. The van der Waals surface area contributed by atoms with E-state index >= 15 is 0 Å². The summed E-state index contributed by atoms with van der Waals surface area (Å²) >= 11 is 5.53. The van der Waals surface area contributed by atoms with Crippen LogP contribution in [0.5, 0.6) is 17.2 Å². The fraction of sp³-hybridized carbons (Fsp3) is 0.667. The Morgan fingerprint density at radius 2 is 1.22 bits per heavy atom. The molecule has 0 spiro atoms. The number of rotatable bonds is 20. The van der Waals surface area contributed by atoms with Gasteiger partial charge < -0.3 is 14.2 Å². The third-order valence-corrected chi connectivity index (χ3v) is 5.37. The summed E-state index contributed by atoms with van der Waals surface area (Å²) in [6.45, 7) is 8.45. The van der Waals surface area contributed by atoms with E-state index in [9.17, 15) is 4.79 Å². The highest BCUT2D eigenvalue weighted by atomic mass is 35.5. The zero-order valence-corrected chi connectivity index (χ0v) is 21.2. The van der Waals surface area contributed by atoms with Gasteiger partial charge in [-0.1, -0.05) is 78.6 Å². The Bertz CT molecular complexity index is 657. The summed E-state index contributed by atoms with van der Waals surface area (Å²) in [5.74, 6) is 1.98. The number of hydrogen-bond donors (Lipinski definition) is 0. The molecule has 0 aromatic heterocycles. The number of ether oxygens (including phenoxy) is 3. The molecule has 0 atom stereocenters. The average molecular weight is 467 g/mol. The van der Waals surface area contributed by atoms with Crippen LogP contribution in [0.3, 0.4) is 0 Å². The highest BCUT2D eigenvalue weighted by molar-refractivity contribution is 6.66. The van der Waals surface area contributed by atoms with Gasteiger partial charge >= 0.3 is 0 Å². The first-order chi connectivity index (χ1) is 15.6. The number of hydrogen-bond acceptors (Lipinski definition) is 4. The normalized spacial score (nSPS) is 11.1. The molecule has 1 aromatic rings. The summed E-state index contributed by atoms with van der Waals surface area (Å²) in [6.07, 6.45) is 16.6. The largest absolute Gasteiger partial charge is 0.490 e. The molecule has 182 valence electrons. The van der Waals surface area contributed by atoms with Crippen molar-refractivity contribution in [3.63, 3.8) is 0 Å². The van der Waals surface area contributed by atoms with E-state index in [1.165, 1.54) is 44.6 Å². The van der Waals surface area contributed by atoms with E-state index in [0.29, 0.717) is 37.1 Å². The third-order valence-electron chi connectivity index (χ3n) is 5.24. The van der Waals surface area contributed by atoms with Gasteiger partial charge in [-0.25, -0.2) is 0 Å². The van der Waals surface area contributed by atoms with Crippen molar-refractivity contribution in [1.82, 2.24) is 0 Å². The lowest BCUT2D eigenvalue weighted by molar-refractivity contribution is -0.107. The van der Waals surface area contributed by atoms with Gasteiger partial charge in [0.1, 0.15) is 0 Å². The quantitative estimate of drug-likeness (QED) is 0.110.